The summed E-state index contributed by atoms with van der Waals surface area (Å²) < 4.78 is 5.32. The second-order valence-electron chi connectivity index (χ2n) is 6.06. The lowest BCUT2D eigenvalue weighted by Crippen LogP contribution is -2.15. The smallest absolute Gasteiger partial charge is 0.170 e. The van der Waals surface area contributed by atoms with E-state index in [0.717, 1.165) is 22.3 Å². The van der Waals surface area contributed by atoms with Crippen LogP contribution in [0, 0.1) is 20.8 Å². The number of hydrogen-bond acceptors (Lipinski definition) is 5. The van der Waals surface area contributed by atoms with Crippen LogP contribution in [0.1, 0.15) is 22.6 Å². The minimum Gasteiger partial charge on any atom is -0.508 e. The molecule has 134 valence electrons. The summed E-state index contributed by atoms with van der Waals surface area (Å²) in [5.74, 6) is 0.735. The average Bonchev–Trinajstić information content (AvgIpc) is 2.94. The van der Waals surface area contributed by atoms with Crippen LogP contribution < -0.4 is 5.73 Å². The highest BCUT2D eigenvalue weighted by atomic mass is 35.5. The summed E-state index contributed by atoms with van der Waals surface area (Å²) in [4.78, 5) is 0. The van der Waals surface area contributed by atoms with E-state index >= 15 is 0 Å². The molecule has 0 saturated heterocycles. The minimum atomic E-state index is -0.0701. The maximum absolute atomic E-state index is 9.84. The number of nitrogens with zero attached hydrogens (tertiary/aromatic N) is 2. The Bertz CT molecular complexity index is 1010. The lowest BCUT2D eigenvalue weighted by atomic mass is 9.88. The van der Waals surface area contributed by atoms with Gasteiger partial charge in [-0.1, -0.05) is 28.0 Å². The molecule has 1 aromatic heterocycles. The number of oxime groups is 1. The van der Waals surface area contributed by atoms with E-state index in [1.807, 2.05) is 19.9 Å². The van der Waals surface area contributed by atoms with Crippen LogP contribution in [0.15, 0.2) is 40.0 Å². The van der Waals surface area contributed by atoms with Crippen molar-refractivity contribution in [3.8, 4) is 28.0 Å². The first kappa shape index (κ1) is 17.8. The van der Waals surface area contributed by atoms with Crippen molar-refractivity contribution in [2.24, 2.45) is 10.9 Å². The normalized spacial score (nSPS) is 11.8. The third kappa shape index (κ3) is 2.99. The highest BCUT2D eigenvalue weighted by Gasteiger charge is 2.23. The molecule has 0 aliphatic heterocycles. The lowest BCUT2D eigenvalue weighted by molar-refractivity contribution is 0.318. The fourth-order valence-corrected chi connectivity index (χ4v) is 3.24. The Morgan fingerprint density at radius 3 is 2.46 bits per heavy atom. The number of benzene rings is 2. The molecule has 7 heteroatoms. The van der Waals surface area contributed by atoms with Gasteiger partial charge in [0.05, 0.1) is 5.69 Å². The van der Waals surface area contributed by atoms with Gasteiger partial charge >= 0.3 is 0 Å². The van der Waals surface area contributed by atoms with E-state index in [-0.39, 0.29) is 11.6 Å². The van der Waals surface area contributed by atoms with Crippen molar-refractivity contribution in [2.45, 2.75) is 20.8 Å². The molecule has 0 aliphatic carbocycles. The first-order valence-electron chi connectivity index (χ1n) is 7.88. The number of phenolic OH excluding ortho intramolecular Hbond substituents is 1. The van der Waals surface area contributed by atoms with E-state index in [1.54, 1.807) is 31.2 Å². The molecule has 0 amide bonds. The molecule has 0 fully saturated rings. The summed E-state index contributed by atoms with van der Waals surface area (Å²) in [6.07, 6.45) is 0. The second-order valence-corrected chi connectivity index (χ2v) is 6.50. The Labute approximate surface area is 155 Å². The fourth-order valence-electron chi connectivity index (χ4n) is 3.02. The zero-order valence-electron chi connectivity index (χ0n) is 14.5. The number of phenols is 1. The summed E-state index contributed by atoms with van der Waals surface area (Å²) in [5, 5.41) is 26.7. The highest BCUT2D eigenvalue weighted by Crippen LogP contribution is 2.41. The van der Waals surface area contributed by atoms with Gasteiger partial charge in [0.25, 0.3) is 0 Å². The Kier molecular flexibility index (Phi) is 4.61. The van der Waals surface area contributed by atoms with Crippen LogP contribution in [-0.2, 0) is 0 Å². The van der Waals surface area contributed by atoms with E-state index in [2.05, 4.69) is 10.3 Å². The molecule has 1 heterocycles. The highest BCUT2D eigenvalue weighted by molar-refractivity contribution is 6.31. The van der Waals surface area contributed by atoms with Gasteiger partial charge < -0.3 is 20.6 Å². The van der Waals surface area contributed by atoms with E-state index in [0.29, 0.717) is 27.6 Å². The summed E-state index contributed by atoms with van der Waals surface area (Å²) in [7, 11) is 0. The molecule has 6 nitrogen and oxygen atoms in total. The van der Waals surface area contributed by atoms with Crippen LogP contribution in [0.2, 0.25) is 5.02 Å². The third-order valence-corrected chi connectivity index (χ3v) is 4.50. The van der Waals surface area contributed by atoms with Crippen LogP contribution in [0.25, 0.3) is 22.3 Å². The van der Waals surface area contributed by atoms with Gasteiger partial charge in [-0.25, -0.2) is 0 Å². The zero-order chi connectivity index (χ0) is 19.0. The molecule has 2 aromatic carbocycles. The van der Waals surface area contributed by atoms with E-state index < -0.39 is 0 Å². The first-order chi connectivity index (χ1) is 12.3. The molecule has 4 N–H and O–H groups in total. The predicted octanol–water partition coefficient (Wildman–Crippen LogP) is 4.39. The van der Waals surface area contributed by atoms with Crippen LogP contribution in [0.4, 0.5) is 0 Å². The number of nitrogens with two attached hydrogens (primary N) is 1. The summed E-state index contributed by atoms with van der Waals surface area (Å²) in [6.45, 7) is 5.43. The monoisotopic (exact) mass is 371 g/mol. The van der Waals surface area contributed by atoms with E-state index in [1.165, 1.54) is 0 Å². The van der Waals surface area contributed by atoms with Gasteiger partial charge in [0.15, 0.2) is 5.84 Å². The van der Waals surface area contributed by atoms with Gasteiger partial charge in [0, 0.05) is 21.7 Å². The summed E-state index contributed by atoms with van der Waals surface area (Å²) in [6, 6.07) is 8.67. The number of halogens is 1. The Morgan fingerprint density at radius 1 is 1.15 bits per heavy atom. The quantitative estimate of drug-likeness (QED) is 0.274. The van der Waals surface area contributed by atoms with Crippen molar-refractivity contribution in [1.29, 1.82) is 0 Å². The van der Waals surface area contributed by atoms with Gasteiger partial charge in [-0.15, -0.1) is 0 Å². The number of aromatic nitrogens is 1. The second kappa shape index (κ2) is 6.72. The van der Waals surface area contributed by atoms with Gasteiger partial charge in [-0.3, -0.25) is 0 Å². The summed E-state index contributed by atoms with van der Waals surface area (Å²) in [5.41, 5.74) is 10.8. The molecule has 0 unspecified atom stereocenters. The van der Waals surface area contributed by atoms with Crippen molar-refractivity contribution in [2.75, 3.05) is 0 Å². The van der Waals surface area contributed by atoms with Gasteiger partial charge in [0.2, 0.25) is 0 Å². The Morgan fingerprint density at radius 2 is 1.88 bits per heavy atom. The minimum absolute atomic E-state index is 0.0701. The SMILES string of the molecule is Cc1cc(-c2cc(Cl)cc(/C(N)=N/O)c2-c2c(C)noc2C)ccc1O. The largest absolute Gasteiger partial charge is 0.508 e. The molecule has 3 rings (SSSR count). The molecule has 0 bridgehead atoms. The van der Waals surface area contributed by atoms with E-state index in [9.17, 15) is 10.3 Å². The number of hydrogen-bond donors (Lipinski definition) is 3. The lowest BCUT2D eigenvalue weighted by Gasteiger charge is -2.16. The fraction of sp³-hybridized carbons (Fsp3) is 0.158. The van der Waals surface area contributed by atoms with Gasteiger partial charge in [-0.2, -0.15) is 0 Å². The maximum atomic E-state index is 9.84. The number of rotatable bonds is 3. The molecule has 0 radical (unpaired) electrons. The average molecular weight is 372 g/mol. The maximum Gasteiger partial charge on any atom is 0.170 e. The molecule has 0 atom stereocenters. The van der Waals surface area contributed by atoms with Crippen LogP contribution in [0.3, 0.4) is 0 Å². The summed E-state index contributed by atoms with van der Waals surface area (Å²) >= 11 is 6.30. The van der Waals surface area contributed by atoms with Crippen molar-refractivity contribution in [3.63, 3.8) is 0 Å². The third-order valence-electron chi connectivity index (χ3n) is 4.28. The number of aryl methyl sites for hydroxylation is 3. The Hall–Kier alpha value is -2.99. The molecular formula is C19H18ClN3O3. The molecule has 26 heavy (non-hydrogen) atoms. The van der Waals surface area contributed by atoms with Crippen molar-refractivity contribution in [3.05, 3.63) is 57.9 Å². The first-order valence-corrected chi connectivity index (χ1v) is 8.26. The molecule has 0 spiro atoms. The van der Waals surface area contributed by atoms with Crippen LogP contribution >= 0.6 is 11.6 Å². The van der Waals surface area contributed by atoms with Crippen molar-refractivity contribution in [1.82, 2.24) is 5.16 Å². The molecular weight excluding hydrogens is 354 g/mol. The van der Waals surface area contributed by atoms with Crippen molar-refractivity contribution >= 4 is 17.4 Å². The van der Waals surface area contributed by atoms with Crippen molar-refractivity contribution < 1.29 is 14.8 Å². The molecule has 3 aromatic rings. The van der Waals surface area contributed by atoms with Crippen LogP contribution in [-0.4, -0.2) is 21.3 Å². The molecule has 0 saturated carbocycles. The topological polar surface area (TPSA) is 105 Å². The molecule has 0 aliphatic rings. The zero-order valence-corrected chi connectivity index (χ0v) is 15.3. The number of aromatic hydroxyl groups is 1. The number of amidine groups is 1. The van der Waals surface area contributed by atoms with Gasteiger partial charge in [0.1, 0.15) is 11.5 Å². The standard InChI is InChI=1S/C19H18ClN3O3/c1-9-6-12(4-5-16(9)24)14-7-13(20)8-15(19(21)22-25)18(14)17-10(2)23-26-11(17)3/h4-8,24-25H,1-3H3,(H2,21,22). The van der Waals surface area contributed by atoms with E-state index in [4.69, 9.17) is 21.9 Å². The Balaban J connectivity index is 2.44. The van der Waals surface area contributed by atoms with Crippen LogP contribution in [0.5, 0.6) is 5.75 Å². The predicted molar refractivity (Wildman–Crippen MR) is 101 cm³/mol. The van der Waals surface area contributed by atoms with Gasteiger partial charge in [-0.05, 0) is 61.7 Å².